The van der Waals surface area contributed by atoms with Gasteiger partial charge in [0.15, 0.2) is 6.29 Å². The molecule has 1 saturated carbocycles. The Kier molecular flexibility index (Phi) is 7.38. The van der Waals surface area contributed by atoms with Crippen molar-refractivity contribution in [1.82, 2.24) is 20.4 Å². The van der Waals surface area contributed by atoms with Crippen molar-refractivity contribution in [3.8, 4) is 0 Å². The molecule has 2 amide bonds. The van der Waals surface area contributed by atoms with Crippen LogP contribution >= 0.6 is 11.8 Å². The van der Waals surface area contributed by atoms with Gasteiger partial charge in [0.05, 0.1) is 18.0 Å². The Hall–Kier alpha value is -2.32. The quantitative estimate of drug-likeness (QED) is 0.523. The molecule has 3 N–H and O–H groups in total. The van der Waals surface area contributed by atoms with E-state index in [1.54, 1.807) is 16.4 Å². The molecular formula is C26H37N5O2S. The number of nitrogens with zero attached hydrogens (tertiary/aromatic N) is 2. The second-order valence-electron chi connectivity index (χ2n) is 10.7. The Morgan fingerprint density at radius 2 is 1.91 bits per heavy atom. The summed E-state index contributed by atoms with van der Waals surface area (Å²) in [6.45, 7) is 10.6. The van der Waals surface area contributed by atoms with Crippen molar-refractivity contribution in [2.45, 2.75) is 94.6 Å². The van der Waals surface area contributed by atoms with E-state index in [0.717, 1.165) is 36.9 Å². The van der Waals surface area contributed by atoms with Crippen LogP contribution in [-0.4, -0.2) is 32.9 Å². The van der Waals surface area contributed by atoms with E-state index in [0.29, 0.717) is 11.1 Å². The first-order valence-corrected chi connectivity index (χ1v) is 13.2. The Morgan fingerprint density at radius 1 is 1.21 bits per heavy atom. The summed E-state index contributed by atoms with van der Waals surface area (Å²) >= 11 is 1.81. The van der Waals surface area contributed by atoms with E-state index in [-0.39, 0.29) is 35.6 Å². The Balaban J connectivity index is 1.51. The fraction of sp³-hybridized carbons (Fsp3) is 0.577. The second-order valence-corrected chi connectivity index (χ2v) is 12.4. The number of aromatic nitrogens is 2. The van der Waals surface area contributed by atoms with E-state index in [2.05, 4.69) is 62.7 Å². The van der Waals surface area contributed by atoms with Gasteiger partial charge in [-0.3, -0.25) is 14.9 Å². The third kappa shape index (κ3) is 5.84. The molecule has 0 bridgehead atoms. The highest BCUT2D eigenvalue weighted by molar-refractivity contribution is 7.99. The molecule has 0 radical (unpaired) electrons. The third-order valence-electron chi connectivity index (χ3n) is 6.43. The van der Waals surface area contributed by atoms with Gasteiger partial charge in [0.1, 0.15) is 5.82 Å². The molecule has 3 unspecified atom stereocenters. The van der Waals surface area contributed by atoms with Gasteiger partial charge in [-0.25, -0.2) is 4.68 Å². The number of carbonyl (C=O) groups excluding carboxylic acids is 2. The number of thioether (sulfide) groups is 1. The summed E-state index contributed by atoms with van der Waals surface area (Å²) in [5.74, 6) is 0.563. The van der Waals surface area contributed by atoms with Crippen LogP contribution in [0.1, 0.15) is 77.8 Å². The number of fused-ring (bicyclic) bond motifs is 1. The lowest BCUT2D eigenvalue weighted by Crippen LogP contribution is -2.59. The summed E-state index contributed by atoms with van der Waals surface area (Å²) in [6.07, 6.45) is 3.91. The molecule has 1 aliphatic carbocycles. The minimum Gasteiger partial charge on any atom is -0.322 e. The molecule has 2 aliphatic rings. The molecule has 184 valence electrons. The van der Waals surface area contributed by atoms with Crippen LogP contribution in [0.5, 0.6) is 0 Å². The zero-order valence-corrected chi connectivity index (χ0v) is 21.7. The SMILES string of the molecule is CC(C)Sc1ccc(CC(=O)Nc2cc(C(C)(C)C)nn2C2NC(=O)C3CCCCC3N2)cc1. The average Bonchev–Trinajstić information content (AvgIpc) is 3.19. The van der Waals surface area contributed by atoms with Gasteiger partial charge in [0.25, 0.3) is 0 Å². The normalized spacial score (nSPS) is 22.9. The number of benzene rings is 1. The van der Waals surface area contributed by atoms with Gasteiger partial charge < -0.3 is 10.6 Å². The number of hydrogen-bond donors (Lipinski definition) is 3. The van der Waals surface area contributed by atoms with Gasteiger partial charge in [0, 0.05) is 27.7 Å². The minimum absolute atomic E-state index is 0.0116. The van der Waals surface area contributed by atoms with E-state index >= 15 is 0 Å². The van der Waals surface area contributed by atoms with Crippen LogP contribution in [0.4, 0.5) is 5.82 Å². The molecule has 1 aromatic heterocycles. The number of nitrogens with one attached hydrogen (secondary N) is 3. The molecule has 2 heterocycles. The molecule has 1 saturated heterocycles. The highest BCUT2D eigenvalue weighted by atomic mass is 32.2. The standard InChI is InChI=1S/C26H37N5O2S/c1-16(2)34-18-12-10-17(11-13-18)14-23(32)28-22-15-21(26(3,4)5)30-31(22)25-27-20-9-7-6-8-19(20)24(33)29-25/h10-13,15-16,19-20,25,27H,6-9,14H2,1-5H3,(H,28,32)(H,29,33). The number of anilines is 1. The molecule has 0 spiro atoms. The van der Waals surface area contributed by atoms with E-state index in [9.17, 15) is 9.59 Å². The Morgan fingerprint density at radius 3 is 2.59 bits per heavy atom. The summed E-state index contributed by atoms with van der Waals surface area (Å²) in [5, 5.41) is 15.0. The fourth-order valence-electron chi connectivity index (χ4n) is 4.64. The van der Waals surface area contributed by atoms with Gasteiger partial charge >= 0.3 is 0 Å². The summed E-state index contributed by atoms with van der Waals surface area (Å²) in [6, 6.07) is 10.2. The van der Waals surface area contributed by atoms with E-state index in [1.807, 2.05) is 18.2 Å². The third-order valence-corrected chi connectivity index (χ3v) is 7.45. The highest BCUT2D eigenvalue weighted by Gasteiger charge is 2.39. The maximum Gasteiger partial charge on any atom is 0.229 e. The molecule has 4 rings (SSSR count). The first-order valence-electron chi connectivity index (χ1n) is 12.3. The lowest BCUT2D eigenvalue weighted by atomic mass is 9.83. The van der Waals surface area contributed by atoms with Gasteiger partial charge in [-0.05, 0) is 30.5 Å². The van der Waals surface area contributed by atoms with Crippen molar-refractivity contribution >= 4 is 29.4 Å². The van der Waals surface area contributed by atoms with E-state index < -0.39 is 6.29 Å². The zero-order chi connectivity index (χ0) is 24.5. The molecule has 8 heteroatoms. The lowest BCUT2D eigenvalue weighted by molar-refractivity contribution is -0.132. The van der Waals surface area contributed by atoms with Crippen LogP contribution in [0.15, 0.2) is 35.2 Å². The van der Waals surface area contributed by atoms with Gasteiger partial charge in [-0.15, -0.1) is 11.8 Å². The molecule has 3 atom stereocenters. The minimum atomic E-state index is -0.481. The van der Waals surface area contributed by atoms with Crippen LogP contribution in [0.3, 0.4) is 0 Å². The number of amides is 2. The van der Waals surface area contributed by atoms with Crippen molar-refractivity contribution in [1.29, 1.82) is 0 Å². The van der Waals surface area contributed by atoms with E-state index in [4.69, 9.17) is 5.10 Å². The fourth-order valence-corrected chi connectivity index (χ4v) is 5.48. The van der Waals surface area contributed by atoms with Crippen molar-refractivity contribution in [3.63, 3.8) is 0 Å². The zero-order valence-electron chi connectivity index (χ0n) is 20.9. The van der Waals surface area contributed by atoms with E-state index in [1.165, 1.54) is 4.90 Å². The second kappa shape index (κ2) is 10.1. The van der Waals surface area contributed by atoms with Crippen LogP contribution in [-0.2, 0) is 21.4 Å². The summed E-state index contributed by atoms with van der Waals surface area (Å²) in [7, 11) is 0. The van der Waals surface area contributed by atoms with Crippen LogP contribution in [0, 0.1) is 5.92 Å². The van der Waals surface area contributed by atoms with Crippen LogP contribution in [0.25, 0.3) is 0 Å². The monoisotopic (exact) mass is 483 g/mol. The van der Waals surface area contributed by atoms with Gasteiger partial charge in [-0.2, -0.15) is 5.10 Å². The van der Waals surface area contributed by atoms with Crippen LogP contribution < -0.4 is 16.0 Å². The first kappa shape index (κ1) is 24.8. The highest BCUT2D eigenvalue weighted by Crippen LogP contribution is 2.31. The molecule has 7 nitrogen and oxygen atoms in total. The maximum atomic E-state index is 13.0. The molecule has 2 aromatic rings. The van der Waals surface area contributed by atoms with Crippen molar-refractivity contribution in [3.05, 3.63) is 41.6 Å². The maximum absolute atomic E-state index is 13.0. The number of hydrogen-bond acceptors (Lipinski definition) is 5. The van der Waals surface area contributed by atoms with Gasteiger partial charge in [-0.1, -0.05) is 59.6 Å². The van der Waals surface area contributed by atoms with Crippen molar-refractivity contribution in [2.75, 3.05) is 5.32 Å². The predicted molar refractivity (Wildman–Crippen MR) is 137 cm³/mol. The Bertz CT molecular complexity index is 1020. The summed E-state index contributed by atoms with van der Waals surface area (Å²) in [4.78, 5) is 27.0. The summed E-state index contributed by atoms with van der Waals surface area (Å²) < 4.78 is 1.73. The first-order chi connectivity index (χ1) is 16.1. The number of rotatable bonds is 6. The Labute approximate surface area is 206 Å². The molecule has 1 aromatic carbocycles. The van der Waals surface area contributed by atoms with Crippen molar-refractivity contribution in [2.24, 2.45) is 5.92 Å². The summed E-state index contributed by atoms with van der Waals surface area (Å²) in [5.41, 5.74) is 1.63. The molecule has 1 aliphatic heterocycles. The van der Waals surface area contributed by atoms with Gasteiger partial charge in [0.2, 0.25) is 11.8 Å². The molecule has 2 fully saturated rings. The number of carbonyl (C=O) groups is 2. The largest absolute Gasteiger partial charge is 0.322 e. The lowest BCUT2D eigenvalue weighted by Gasteiger charge is -2.40. The smallest absolute Gasteiger partial charge is 0.229 e. The molecule has 34 heavy (non-hydrogen) atoms. The van der Waals surface area contributed by atoms with Crippen molar-refractivity contribution < 1.29 is 9.59 Å². The average molecular weight is 484 g/mol. The topological polar surface area (TPSA) is 88.1 Å². The molecular weight excluding hydrogens is 446 g/mol. The van der Waals surface area contributed by atoms with Crippen LogP contribution in [0.2, 0.25) is 0 Å². The predicted octanol–water partition coefficient (Wildman–Crippen LogP) is 4.60.